The molecule has 5 rings (SSSR count). The van der Waals surface area contributed by atoms with Gasteiger partial charge in [0.1, 0.15) is 24.3 Å². The zero-order chi connectivity index (χ0) is 37.7. The number of nitrogens with zero attached hydrogens (tertiary/aromatic N) is 3. The van der Waals surface area contributed by atoms with Crippen LogP contribution in [0, 0.1) is 27.4 Å². The zero-order valence-corrected chi connectivity index (χ0v) is 30.7. The van der Waals surface area contributed by atoms with E-state index in [1.54, 1.807) is 4.90 Å². The molecule has 2 unspecified atom stereocenters. The molecule has 1 aromatic heterocycles. The third-order valence-corrected chi connectivity index (χ3v) is 11.1. The fourth-order valence-electron chi connectivity index (χ4n) is 8.17. The van der Waals surface area contributed by atoms with Gasteiger partial charge in [0.2, 0.25) is 29.2 Å². The number of rotatable bonds is 14. The Morgan fingerprint density at radius 3 is 2.27 bits per heavy atom. The molecule has 0 radical (unpaired) electrons. The molecule has 2 heterocycles. The normalized spacial score (nSPS) is 23.8. The number of amides is 5. The summed E-state index contributed by atoms with van der Waals surface area (Å²) in [5, 5.41) is 28.7. The first-order chi connectivity index (χ1) is 24.7. The molecule has 0 aromatic carbocycles. The van der Waals surface area contributed by atoms with E-state index in [9.17, 15) is 38.9 Å². The van der Waals surface area contributed by atoms with Crippen molar-refractivity contribution in [3.05, 3.63) is 22.0 Å². The van der Waals surface area contributed by atoms with Crippen molar-refractivity contribution >= 4 is 41.0 Å². The van der Waals surface area contributed by atoms with Crippen LogP contribution in [-0.2, 0) is 24.0 Å². The van der Waals surface area contributed by atoms with Crippen molar-refractivity contribution in [1.82, 2.24) is 36.4 Å². The topological polar surface area (TPSA) is 226 Å². The van der Waals surface area contributed by atoms with Gasteiger partial charge in [0.15, 0.2) is 0 Å². The molecule has 1 saturated heterocycles. The van der Waals surface area contributed by atoms with Crippen molar-refractivity contribution in [2.24, 2.45) is 17.3 Å². The molecule has 16 nitrogen and oxygen atoms in total. The maximum absolute atomic E-state index is 14.8. The van der Waals surface area contributed by atoms with Crippen molar-refractivity contribution in [2.45, 2.75) is 154 Å². The molecule has 0 bridgehead atoms. The third-order valence-electron chi connectivity index (χ3n) is 11.1. The van der Waals surface area contributed by atoms with Gasteiger partial charge < -0.3 is 26.2 Å². The lowest BCUT2D eigenvalue weighted by Gasteiger charge is -2.40. The molecule has 3 aliphatic carbocycles. The number of carbonyl (C=O) groups is 6. The number of carbonyl (C=O) groups excluding carboxylic acids is 6. The van der Waals surface area contributed by atoms with Gasteiger partial charge in [0.25, 0.3) is 11.8 Å². The summed E-state index contributed by atoms with van der Waals surface area (Å²) in [6.07, 6.45) is 11.1. The van der Waals surface area contributed by atoms with Gasteiger partial charge in [-0.15, -0.1) is 0 Å². The van der Waals surface area contributed by atoms with Gasteiger partial charge in [-0.1, -0.05) is 66.2 Å². The summed E-state index contributed by atoms with van der Waals surface area (Å²) >= 11 is 0. The van der Waals surface area contributed by atoms with E-state index in [0.29, 0.717) is 32.1 Å². The number of aromatic amines is 1. The average molecular weight is 727 g/mol. The van der Waals surface area contributed by atoms with Crippen LogP contribution in [0.25, 0.3) is 0 Å². The number of aromatic nitrogens is 2. The van der Waals surface area contributed by atoms with Gasteiger partial charge in [0.05, 0.1) is 11.0 Å². The predicted octanol–water partition coefficient (Wildman–Crippen LogP) is 2.82. The van der Waals surface area contributed by atoms with Crippen LogP contribution in [0.2, 0.25) is 0 Å². The van der Waals surface area contributed by atoms with E-state index in [2.05, 4.69) is 31.5 Å². The largest absolute Gasteiger partial charge is 0.347 e. The third kappa shape index (κ3) is 8.98. The number of hydrogen-bond acceptors (Lipinski definition) is 9. The number of fused-ring (bicyclic) bond motifs is 1. The molecule has 1 aliphatic heterocycles. The summed E-state index contributed by atoms with van der Waals surface area (Å²) < 4.78 is 0. The summed E-state index contributed by atoms with van der Waals surface area (Å²) in [5.74, 6) is -4.00. The van der Waals surface area contributed by atoms with Crippen LogP contribution in [0.4, 0.5) is 5.69 Å². The molecule has 286 valence electrons. The second-order valence-electron chi connectivity index (χ2n) is 16.1. The molecule has 16 heteroatoms. The molecule has 4 aliphatic rings. The first kappa shape index (κ1) is 38.9. The second-order valence-corrected chi connectivity index (χ2v) is 16.1. The minimum atomic E-state index is -1.10. The summed E-state index contributed by atoms with van der Waals surface area (Å²) in [4.78, 5) is 94.7. The lowest BCUT2D eigenvalue weighted by Crippen LogP contribution is -2.63. The minimum Gasteiger partial charge on any atom is -0.347 e. The van der Waals surface area contributed by atoms with E-state index < -0.39 is 75.5 Å². The van der Waals surface area contributed by atoms with Crippen molar-refractivity contribution in [3.63, 3.8) is 0 Å². The Hall–Kier alpha value is -4.37. The Balaban J connectivity index is 1.39. The van der Waals surface area contributed by atoms with Crippen molar-refractivity contribution in [3.8, 4) is 0 Å². The van der Waals surface area contributed by atoms with Gasteiger partial charge in [-0.25, -0.2) is 0 Å². The number of Topliss-reactive ketones (excluding diaryl/α,β-unsaturated/α-hetero) is 1. The molecule has 52 heavy (non-hydrogen) atoms. The molecule has 1 aromatic rings. The molecule has 4 fully saturated rings. The molecule has 0 spiro atoms. The molecular formula is C36H54N8O8. The molecule has 5 N–H and O–H groups in total. The molecule has 6 atom stereocenters. The monoisotopic (exact) mass is 726 g/mol. The molecule has 3 saturated carbocycles. The van der Waals surface area contributed by atoms with Crippen molar-refractivity contribution in [2.75, 3.05) is 0 Å². The Bertz CT molecular complexity index is 1530. The first-order valence-corrected chi connectivity index (χ1v) is 19.0. The van der Waals surface area contributed by atoms with E-state index in [1.165, 1.54) is 0 Å². The Morgan fingerprint density at radius 1 is 0.962 bits per heavy atom. The van der Waals surface area contributed by atoms with Crippen LogP contribution < -0.4 is 21.3 Å². The van der Waals surface area contributed by atoms with Crippen LogP contribution >= 0.6 is 0 Å². The van der Waals surface area contributed by atoms with E-state index in [0.717, 1.165) is 57.6 Å². The van der Waals surface area contributed by atoms with Crippen LogP contribution in [-0.4, -0.2) is 91.6 Å². The van der Waals surface area contributed by atoms with Crippen LogP contribution in [0.1, 0.15) is 128 Å². The maximum Gasteiger partial charge on any atom is 0.319 e. The van der Waals surface area contributed by atoms with E-state index in [-0.39, 0.29) is 36.0 Å². The number of nitro groups is 1. The van der Waals surface area contributed by atoms with Gasteiger partial charge in [-0.3, -0.25) is 44.0 Å². The van der Waals surface area contributed by atoms with Gasteiger partial charge >= 0.3 is 5.69 Å². The lowest BCUT2D eigenvalue weighted by molar-refractivity contribution is -0.385. The zero-order valence-electron chi connectivity index (χ0n) is 30.7. The Morgan fingerprint density at radius 2 is 1.63 bits per heavy atom. The molecular weight excluding hydrogens is 672 g/mol. The van der Waals surface area contributed by atoms with E-state index >= 15 is 0 Å². The number of ketones is 1. The van der Waals surface area contributed by atoms with E-state index in [4.69, 9.17) is 0 Å². The van der Waals surface area contributed by atoms with Gasteiger partial charge in [-0.05, 0) is 68.6 Å². The number of H-pyrrole nitrogens is 1. The van der Waals surface area contributed by atoms with Gasteiger partial charge in [0, 0.05) is 12.1 Å². The summed E-state index contributed by atoms with van der Waals surface area (Å²) in [5.41, 5.74) is -1.72. The van der Waals surface area contributed by atoms with E-state index in [1.807, 2.05) is 27.7 Å². The highest BCUT2D eigenvalue weighted by Crippen LogP contribution is 2.41. The highest BCUT2D eigenvalue weighted by molar-refractivity contribution is 6.38. The second kappa shape index (κ2) is 16.5. The highest BCUT2D eigenvalue weighted by Gasteiger charge is 2.51. The molecule has 5 amide bonds. The van der Waals surface area contributed by atoms with Crippen LogP contribution in [0.5, 0.6) is 0 Å². The maximum atomic E-state index is 14.8. The predicted molar refractivity (Wildman–Crippen MR) is 188 cm³/mol. The van der Waals surface area contributed by atoms with Crippen LogP contribution in [0.15, 0.2) is 6.20 Å². The summed E-state index contributed by atoms with van der Waals surface area (Å²) in [6.45, 7) is 7.31. The number of hydrogen-bond donors (Lipinski definition) is 5. The quantitative estimate of drug-likeness (QED) is 0.108. The fourth-order valence-corrected chi connectivity index (χ4v) is 8.17. The SMILES string of the molecule is CCC[C@H](NC(=O)[C@@H]1CC2CCCCC2N1C(=O)[C@@H](NC(=O)[C@@H](NC(=O)c1[nH]ncc1[N+](=O)[O-])C1CCCCC1)C(C)(C)C)C(=O)C(=O)NC1CC1. The summed E-state index contributed by atoms with van der Waals surface area (Å²) in [6, 6.07) is -4.38. The standard InChI is InChI=1S/C36H54N8O8/c1-5-11-23(29(45)34(49)38-22-16-17-22)39-31(46)25-18-21-14-9-10-15-24(21)43(25)35(50)30(36(2,3)4)41-32(47)27(20-12-7-6-8-13-20)40-33(48)28-26(44(51)52)19-37-42-28/h19-25,27,30H,5-18H2,1-4H3,(H,37,42)(H,38,49)(H,39,46)(H,40,48)(H,41,47)/t21?,23-,24?,25-,27-,30+/m0/s1. The Kier molecular flexibility index (Phi) is 12.4. The fraction of sp³-hybridized carbons (Fsp3) is 0.750. The van der Waals surface area contributed by atoms with Crippen molar-refractivity contribution in [1.29, 1.82) is 0 Å². The smallest absolute Gasteiger partial charge is 0.319 e. The first-order valence-electron chi connectivity index (χ1n) is 19.0. The minimum absolute atomic E-state index is 0.0138. The van der Waals surface area contributed by atoms with Crippen molar-refractivity contribution < 1.29 is 33.7 Å². The highest BCUT2D eigenvalue weighted by atomic mass is 16.6. The average Bonchev–Trinajstić information content (AvgIpc) is 3.62. The van der Waals surface area contributed by atoms with Gasteiger partial charge in [-0.2, -0.15) is 5.10 Å². The van der Waals surface area contributed by atoms with Crippen LogP contribution in [0.3, 0.4) is 0 Å². The number of likely N-dealkylation sites (tertiary alicyclic amines) is 1. The Labute approximate surface area is 303 Å². The lowest BCUT2D eigenvalue weighted by atomic mass is 9.81. The number of nitrogens with one attached hydrogen (secondary N) is 5. The summed E-state index contributed by atoms with van der Waals surface area (Å²) in [7, 11) is 0.